The van der Waals surface area contributed by atoms with E-state index in [9.17, 15) is 5.11 Å². The predicted molar refractivity (Wildman–Crippen MR) is 115 cm³/mol. The Hall–Kier alpha value is -2.57. The van der Waals surface area contributed by atoms with E-state index in [2.05, 4.69) is 21.6 Å². The number of aromatic nitrogens is 2. The molecule has 1 aromatic heterocycles. The molecule has 1 aliphatic rings. The molecule has 1 atom stereocenters. The van der Waals surface area contributed by atoms with Crippen molar-refractivity contribution in [3.63, 3.8) is 0 Å². The lowest BCUT2D eigenvalue weighted by atomic mass is 10.1. The van der Waals surface area contributed by atoms with Crippen molar-refractivity contribution < 1.29 is 14.4 Å². The van der Waals surface area contributed by atoms with Crippen LogP contribution in [0.25, 0.3) is 11.0 Å². The highest BCUT2D eigenvalue weighted by Gasteiger charge is 2.24. The molecule has 6 heteroatoms. The molecule has 1 fully saturated rings. The largest absolute Gasteiger partial charge is 0.497 e. The van der Waals surface area contributed by atoms with Gasteiger partial charge in [-0.25, -0.2) is 9.13 Å². The smallest absolute Gasteiger partial charge is 0.356 e. The summed E-state index contributed by atoms with van der Waals surface area (Å²) in [6.45, 7) is 4.63. The SMILES string of the molecule is COc1ccc(C(O)C[n+]2c(N)n(CCN3CCCCC3)c3ccccc32)cc1. The van der Waals surface area contributed by atoms with Gasteiger partial charge in [0.1, 0.15) is 29.4 Å². The summed E-state index contributed by atoms with van der Waals surface area (Å²) >= 11 is 0. The lowest BCUT2D eigenvalue weighted by molar-refractivity contribution is -0.666. The van der Waals surface area contributed by atoms with Gasteiger partial charge in [0.25, 0.3) is 0 Å². The third-order valence-corrected chi connectivity index (χ3v) is 5.96. The predicted octanol–water partition coefficient (Wildman–Crippen LogP) is 2.74. The number of hydrogen-bond acceptors (Lipinski definition) is 4. The molecule has 0 aliphatic carbocycles. The number of methoxy groups -OCH3 is 1. The number of nitrogens with zero attached hydrogens (tertiary/aromatic N) is 3. The summed E-state index contributed by atoms with van der Waals surface area (Å²) < 4.78 is 9.42. The molecule has 3 N–H and O–H groups in total. The molecule has 1 aliphatic heterocycles. The van der Waals surface area contributed by atoms with Gasteiger partial charge in [-0.3, -0.25) is 5.73 Å². The average molecular weight is 396 g/mol. The fraction of sp³-hybridized carbons (Fsp3) is 0.435. The number of nitrogen functional groups attached to an aromatic ring is 1. The molecular formula is C23H31N4O2+. The van der Waals surface area contributed by atoms with E-state index in [4.69, 9.17) is 10.5 Å². The summed E-state index contributed by atoms with van der Waals surface area (Å²) in [5.74, 6) is 1.47. The van der Waals surface area contributed by atoms with E-state index in [0.717, 1.165) is 35.4 Å². The van der Waals surface area contributed by atoms with E-state index < -0.39 is 6.10 Å². The molecule has 0 amide bonds. The number of rotatable bonds is 7. The van der Waals surface area contributed by atoms with Gasteiger partial charge >= 0.3 is 5.95 Å². The summed E-state index contributed by atoms with van der Waals surface area (Å²) in [6, 6.07) is 15.8. The summed E-state index contributed by atoms with van der Waals surface area (Å²) in [4.78, 5) is 2.52. The van der Waals surface area contributed by atoms with E-state index in [1.54, 1.807) is 7.11 Å². The van der Waals surface area contributed by atoms with Crippen LogP contribution in [0.1, 0.15) is 30.9 Å². The average Bonchev–Trinajstić information content (AvgIpc) is 3.04. The first-order chi connectivity index (χ1) is 14.2. The van der Waals surface area contributed by atoms with Crippen LogP contribution in [0.3, 0.4) is 0 Å². The highest BCUT2D eigenvalue weighted by Crippen LogP contribution is 2.21. The fourth-order valence-corrected chi connectivity index (χ4v) is 4.27. The first-order valence-corrected chi connectivity index (χ1v) is 10.5. The van der Waals surface area contributed by atoms with Crippen LogP contribution in [-0.4, -0.2) is 41.3 Å². The molecular weight excluding hydrogens is 364 g/mol. The number of fused-ring (bicyclic) bond motifs is 1. The maximum atomic E-state index is 10.8. The molecule has 0 spiro atoms. The minimum atomic E-state index is -0.644. The van der Waals surface area contributed by atoms with E-state index in [0.29, 0.717) is 12.5 Å². The van der Waals surface area contributed by atoms with Crippen molar-refractivity contribution in [3.05, 3.63) is 54.1 Å². The summed E-state index contributed by atoms with van der Waals surface area (Å²) in [7, 11) is 1.64. The van der Waals surface area contributed by atoms with Gasteiger partial charge in [0.15, 0.2) is 0 Å². The van der Waals surface area contributed by atoms with Crippen molar-refractivity contribution in [3.8, 4) is 5.75 Å². The quantitative estimate of drug-likeness (QED) is 0.604. The molecule has 0 bridgehead atoms. The number of aliphatic hydroxyl groups excluding tert-OH is 1. The van der Waals surface area contributed by atoms with Gasteiger partial charge in [-0.05, 0) is 55.8 Å². The van der Waals surface area contributed by atoms with Crippen molar-refractivity contribution >= 4 is 17.0 Å². The Bertz CT molecular complexity index is 945. The minimum absolute atomic E-state index is 0.412. The zero-order valence-electron chi connectivity index (χ0n) is 17.1. The lowest BCUT2D eigenvalue weighted by Gasteiger charge is -2.25. The number of imidazole rings is 1. The van der Waals surface area contributed by atoms with Crippen LogP contribution < -0.4 is 15.0 Å². The molecule has 2 aromatic carbocycles. The Kier molecular flexibility index (Phi) is 6.02. The Morgan fingerprint density at radius 2 is 1.76 bits per heavy atom. The number of ether oxygens (including phenoxy) is 1. The monoisotopic (exact) mass is 395 g/mol. The maximum Gasteiger partial charge on any atom is 0.356 e. The van der Waals surface area contributed by atoms with Crippen molar-refractivity contribution in [2.45, 2.75) is 38.5 Å². The first-order valence-electron chi connectivity index (χ1n) is 10.5. The van der Waals surface area contributed by atoms with Gasteiger partial charge in [-0.2, -0.15) is 0 Å². The van der Waals surface area contributed by atoms with E-state index in [1.807, 2.05) is 41.0 Å². The zero-order chi connectivity index (χ0) is 20.2. The van der Waals surface area contributed by atoms with Gasteiger partial charge in [0.05, 0.1) is 13.7 Å². The molecule has 6 nitrogen and oxygen atoms in total. The molecule has 0 saturated carbocycles. The van der Waals surface area contributed by atoms with Crippen LogP contribution in [0.5, 0.6) is 5.75 Å². The number of nitrogens with two attached hydrogens (primary N) is 1. The molecule has 4 rings (SSSR count). The minimum Gasteiger partial charge on any atom is -0.497 e. The van der Waals surface area contributed by atoms with Crippen molar-refractivity contribution in [2.24, 2.45) is 0 Å². The molecule has 154 valence electrons. The second-order valence-corrected chi connectivity index (χ2v) is 7.80. The normalized spacial score (nSPS) is 16.2. The number of likely N-dealkylation sites (tertiary alicyclic amines) is 1. The highest BCUT2D eigenvalue weighted by atomic mass is 16.5. The standard InChI is InChI=1S/C23H30N4O2/c1-29-19-11-9-18(10-12-19)22(28)17-27-21-8-4-3-7-20(21)26(23(27)24)16-15-25-13-5-2-6-14-25/h3-4,7-12,22,24,28H,2,5-6,13-17H2,1H3/p+1. The molecule has 0 radical (unpaired) electrons. The number of aliphatic hydroxyl groups is 1. The van der Waals surface area contributed by atoms with E-state index >= 15 is 0 Å². The Balaban J connectivity index is 1.57. The topological polar surface area (TPSA) is 67.5 Å². The third kappa shape index (κ3) is 4.23. The van der Waals surface area contributed by atoms with Gasteiger partial charge in [0, 0.05) is 6.54 Å². The van der Waals surface area contributed by atoms with Crippen LogP contribution in [-0.2, 0) is 13.1 Å². The number of hydrogen-bond donors (Lipinski definition) is 2. The van der Waals surface area contributed by atoms with Gasteiger partial charge in [-0.1, -0.05) is 30.7 Å². The Labute approximate surface area is 172 Å². The number of benzene rings is 2. The van der Waals surface area contributed by atoms with Crippen LogP contribution in [0.15, 0.2) is 48.5 Å². The second kappa shape index (κ2) is 8.84. The van der Waals surface area contributed by atoms with Crippen molar-refractivity contribution in [2.75, 3.05) is 32.5 Å². The zero-order valence-corrected chi connectivity index (χ0v) is 17.1. The third-order valence-electron chi connectivity index (χ3n) is 5.96. The highest BCUT2D eigenvalue weighted by molar-refractivity contribution is 5.73. The number of piperidine rings is 1. The molecule has 2 heterocycles. The summed E-state index contributed by atoms with van der Waals surface area (Å²) in [5, 5.41) is 10.8. The van der Waals surface area contributed by atoms with E-state index in [-0.39, 0.29) is 0 Å². The Morgan fingerprint density at radius 1 is 1.03 bits per heavy atom. The summed E-state index contributed by atoms with van der Waals surface area (Å²) in [6.07, 6.45) is 3.27. The van der Waals surface area contributed by atoms with E-state index in [1.165, 1.54) is 32.4 Å². The number of anilines is 1. The van der Waals surface area contributed by atoms with Crippen LogP contribution >= 0.6 is 0 Å². The fourth-order valence-electron chi connectivity index (χ4n) is 4.27. The van der Waals surface area contributed by atoms with Gasteiger partial charge < -0.3 is 14.7 Å². The molecule has 1 unspecified atom stereocenters. The molecule has 3 aromatic rings. The molecule has 29 heavy (non-hydrogen) atoms. The van der Waals surface area contributed by atoms with Crippen LogP contribution in [0.4, 0.5) is 5.95 Å². The van der Waals surface area contributed by atoms with Crippen molar-refractivity contribution in [1.29, 1.82) is 0 Å². The number of para-hydroxylation sites is 2. The summed E-state index contributed by atoms with van der Waals surface area (Å²) in [5.41, 5.74) is 9.60. The lowest BCUT2D eigenvalue weighted by Crippen LogP contribution is -2.40. The van der Waals surface area contributed by atoms with Crippen molar-refractivity contribution in [1.82, 2.24) is 9.47 Å². The maximum absolute atomic E-state index is 10.8. The Morgan fingerprint density at radius 3 is 2.48 bits per heavy atom. The van der Waals surface area contributed by atoms with Gasteiger partial charge in [0.2, 0.25) is 0 Å². The second-order valence-electron chi connectivity index (χ2n) is 7.80. The van der Waals surface area contributed by atoms with Gasteiger partial charge in [-0.15, -0.1) is 0 Å². The molecule has 1 saturated heterocycles. The van der Waals surface area contributed by atoms with Crippen LogP contribution in [0, 0.1) is 0 Å². The van der Waals surface area contributed by atoms with Crippen LogP contribution in [0.2, 0.25) is 0 Å². The first kappa shape index (κ1) is 19.7.